The molecule has 1 N–H and O–H groups in total. The lowest BCUT2D eigenvalue weighted by Gasteiger charge is -2.03. The molecule has 4 heteroatoms. The molecule has 1 aromatic rings. The van der Waals surface area contributed by atoms with Gasteiger partial charge in [-0.3, -0.25) is 0 Å². The average molecular weight is 426 g/mol. The predicted octanol–water partition coefficient (Wildman–Crippen LogP) is 7.44. The van der Waals surface area contributed by atoms with Crippen molar-refractivity contribution < 1.29 is 5.11 Å². The third kappa shape index (κ3) is 6.95. The Bertz CT molecular complexity index is 377. The minimum absolute atomic E-state index is 0.429. The lowest BCUT2D eigenvalue weighted by Crippen LogP contribution is -1.86. The van der Waals surface area contributed by atoms with Crippen LogP contribution in [0.3, 0.4) is 0 Å². The van der Waals surface area contributed by atoms with Gasteiger partial charge >= 0.3 is 0 Å². The van der Waals surface area contributed by atoms with Crippen LogP contribution < -0.4 is 0 Å². The molecule has 0 unspecified atom stereocenters. The lowest BCUT2D eigenvalue weighted by molar-refractivity contribution is 0.465. The zero-order chi connectivity index (χ0) is 14.8. The Hall–Kier alpha value is 0.460. The molecule has 0 spiro atoms. The summed E-state index contributed by atoms with van der Waals surface area (Å²) < 4.78 is 1.91. The first kappa shape index (κ1) is 18.5. The third-order valence-corrected chi connectivity index (χ3v) is 6.29. The normalized spacial score (nSPS) is 11.2. The van der Waals surface area contributed by atoms with E-state index in [0.717, 1.165) is 19.6 Å². The first-order valence-corrected chi connectivity index (χ1v) is 10.2. The molecule has 1 rings (SSSR count). The summed E-state index contributed by atoms with van der Waals surface area (Å²) >= 11 is 8.46. The Balaban J connectivity index is 2.00. The largest absolute Gasteiger partial charge is 0.506 e. The zero-order valence-electron chi connectivity index (χ0n) is 12.4. The van der Waals surface area contributed by atoms with Gasteiger partial charge in [-0.1, -0.05) is 64.7 Å². The standard InChI is InChI=1S/C16H26Br2OS/c1-2-3-4-5-6-7-8-9-10-11-12-13-14(19)16(18)20-15(13)17/h19H,2-12H2,1H3. The van der Waals surface area contributed by atoms with E-state index in [1.165, 1.54) is 64.2 Å². The van der Waals surface area contributed by atoms with Crippen molar-refractivity contribution in [3.8, 4) is 5.75 Å². The van der Waals surface area contributed by atoms with Gasteiger partial charge in [0.25, 0.3) is 0 Å². The molecule has 116 valence electrons. The van der Waals surface area contributed by atoms with Crippen LogP contribution in [-0.4, -0.2) is 5.11 Å². The lowest BCUT2D eigenvalue weighted by atomic mass is 10.0. The highest BCUT2D eigenvalue weighted by Crippen LogP contribution is 2.42. The number of rotatable bonds is 11. The van der Waals surface area contributed by atoms with Crippen LogP contribution in [-0.2, 0) is 6.42 Å². The summed E-state index contributed by atoms with van der Waals surface area (Å²) in [5, 5.41) is 9.90. The molecule has 0 amide bonds. The molecule has 0 aromatic carbocycles. The Morgan fingerprint density at radius 1 is 0.800 bits per heavy atom. The number of aromatic hydroxyl groups is 1. The van der Waals surface area contributed by atoms with Crippen molar-refractivity contribution in [3.05, 3.63) is 13.1 Å². The summed E-state index contributed by atoms with van der Waals surface area (Å²) in [5.41, 5.74) is 1.07. The minimum Gasteiger partial charge on any atom is -0.506 e. The summed E-state index contributed by atoms with van der Waals surface area (Å²) in [6, 6.07) is 0. The highest BCUT2D eigenvalue weighted by Gasteiger charge is 2.13. The topological polar surface area (TPSA) is 20.2 Å². The third-order valence-electron chi connectivity index (χ3n) is 3.67. The second-order valence-electron chi connectivity index (χ2n) is 5.41. The second kappa shape index (κ2) is 11.1. The first-order chi connectivity index (χ1) is 9.66. The van der Waals surface area contributed by atoms with Gasteiger partial charge in [-0.2, -0.15) is 0 Å². The van der Waals surface area contributed by atoms with Crippen LogP contribution in [0.25, 0.3) is 0 Å². The summed E-state index contributed by atoms with van der Waals surface area (Å²) in [5.74, 6) is 0.429. The van der Waals surface area contributed by atoms with Crippen molar-refractivity contribution >= 4 is 43.2 Å². The molecule has 0 fully saturated rings. The molecule has 0 radical (unpaired) electrons. The molecule has 0 aliphatic carbocycles. The number of hydrogen-bond acceptors (Lipinski definition) is 2. The second-order valence-corrected chi connectivity index (χ2v) is 9.07. The average Bonchev–Trinajstić information content (AvgIpc) is 2.67. The molecule has 0 bridgehead atoms. The van der Waals surface area contributed by atoms with Crippen LogP contribution >= 0.6 is 43.2 Å². The van der Waals surface area contributed by atoms with Crippen LogP contribution in [0.2, 0.25) is 0 Å². The molecular weight excluding hydrogens is 400 g/mol. The van der Waals surface area contributed by atoms with Crippen LogP contribution in [0.5, 0.6) is 5.75 Å². The molecule has 1 aromatic heterocycles. The SMILES string of the molecule is CCCCCCCCCCCCc1c(Br)sc(Br)c1O. The molecule has 0 aliphatic rings. The molecule has 0 aliphatic heterocycles. The summed E-state index contributed by atoms with van der Waals surface area (Å²) in [4.78, 5) is 0. The fourth-order valence-corrected chi connectivity index (χ4v) is 5.35. The Morgan fingerprint density at radius 3 is 1.75 bits per heavy atom. The number of thiophene rings is 1. The van der Waals surface area contributed by atoms with Gasteiger partial charge in [-0.25, -0.2) is 0 Å². The van der Waals surface area contributed by atoms with Gasteiger partial charge in [0.05, 0.1) is 3.79 Å². The van der Waals surface area contributed by atoms with E-state index in [1.54, 1.807) is 11.3 Å². The zero-order valence-corrected chi connectivity index (χ0v) is 16.4. The van der Waals surface area contributed by atoms with Crippen molar-refractivity contribution in [2.75, 3.05) is 0 Å². The monoisotopic (exact) mass is 424 g/mol. The fourth-order valence-electron chi connectivity index (χ4n) is 2.41. The molecular formula is C16H26Br2OS. The van der Waals surface area contributed by atoms with Crippen LogP contribution in [0.15, 0.2) is 7.57 Å². The van der Waals surface area contributed by atoms with Gasteiger partial charge < -0.3 is 5.11 Å². The molecule has 1 heterocycles. The smallest absolute Gasteiger partial charge is 0.144 e. The van der Waals surface area contributed by atoms with E-state index < -0.39 is 0 Å². The van der Waals surface area contributed by atoms with E-state index in [9.17, 15) is 5.11 Å². The Kier molecular flexibility index (Phi) is 10.3. The number of unbranched alkanes of at least 4 members (excludes halogenated alkanes) is 9. The quantitative estimate of drug-likeness (QED) is 0.365. The van der Waals surface area contributed by atoms with Gasteiger partial charge in [0.2, 0.25) is 0 Å². The van der Waals surface area contributed by atoms with Crippen molar-refractivity contribution in [2.24, 2.45) is 0 Å². The summed E-state index contributed by atoms with van der Waals surface area (Å²) in [6.07, 6.45) is 14.5. The van der Waals surface area contributed by atoms with Crippen molar-refractivity contribution in [2.45, 2.75) is 77.6 Å². The van der Waals surface area contributed by atoms with E-state index in [2.05, 4.69) is 38.8 Å². The Morgan fingerprint density at radius 2 is 1.30 bits per heavy atom. The molecule has 20 heavy (non-hydrogen) atoms. The van der Waals surface area contributed by atoms with Gasteiger partial charge in [0.1, 0.15) is 9.54 Å². The molecule has 0 saturated carbocycles. The van der Waals surface area contributed by atoms with Crippen molar-refractivity contribution in [1.29, 1.82) is 0 Å². The van der Waals surface area contributed by atoms with Crippen LogP contribution in [0.4, 0.5) is 0 Å². The van der Waals surface area contributed by atoms with Gasteiger partial charge in [-0.15, -0.1) is 11.3 Å². The summed E-state index contributed by atoms with van der Waals surface area (Å²) in [7, 11) is 0. The molecule has 1 nitrogen and oxygen atoms in total. The van der Waals surface area contributed by atoms with Gasteiger partial charge in [-0.05, 0) is 44.7 Å². The maximum Gasteiger partial charge on any atom is 0.144 e. The van der Waals surface area contributed by atoms with E-state index >= 15 is 0 Å². The van der Waals surface area contributed by atoms with Crippen molar-refractivity contribution in [1.82, 2.24) is 0 Å². The van der Waals surface area contributed by atoms with E-state index in [-0.39, 0.29) is 0 Å². The van der Waals surface area contributed by atoms with Crippen LogP contribution in [0.1, 0.15) is 76.7 Å². The van der Waals surface area contributed by atoms with Crippen LogP contribution in [0, 0.1) is 0 Å². The van der Waals surface area contributed by atoms with Gasteiger partial charge in [0.15, 0.2) is 0 Å². The van der Waals surface area contributed by atoms with Crippen molar-refractivity contribution in [3.63, 3.8) is 0 Å². The van der Waals surface area contributed by atoms with E-state index in [4.69, 9.17) is 0 Å². The maximum atomic E-state index is 9.90. The highest BCUT2D eigenvalue weighted by atomic mass is 79.9. The van der Waals surface area contributed by atoms with E-state index in [0.29, 0.717) is 5.75 Å². The highest BCUT2D eigenvalue weighted by molar-refractivity contribution is 9.12. The minimum atomic E-state index is 0.429. The number of halogens is 2. The predicted molar refractivity (Wildman–Crippen MR) is 96.9 cm³/mol. The first-order valence-electron chi connectivity index (χ1n) is 7.82. The maximum absolute atomic E-state index is 9.90. The van der Waals surface area contributed by atoms with Gasteiger partial charge in [0, 0.05) is 5.56 Å². The van der Waals surface area contributed by atoms with E-state index in [1.807, 2.05) is 0 Å². The Labute approximate surface area is 144 Å². The molecule has 0 saturated heterocycles. The fraction of sp³-hybridized carbons (Fsp3) is 0.750. The summed E-state index contributed by atoms with van der Waals surface area (Å²) in [6.45, 7) is 2.27. The molecule has 0 atom stereocenters. The number of hydrogen-bond donors (Lipinski definition) is 1.